The fraction of sp³-hybridized carbons (Fsp3) is 0.533. The van der Waals surface area contributed by atoms with Gasteiger partial charge in [-0.1, -0.05) is 6.07 Å². The Morgan fingerprint density at radius 1 is 1.18 bits per heavy atom. The maximum Gasteiger partial charge on any atom is 0.407 e. The van der Waals surface area contributed by atoms with Crippen LogP contribution < -0.4 is 5.32 Å². The summed E-state index contributed by atoms with van der Waals surface area (Å²) in [5.74, 6) is 0. The van der Waals surface area contributed by atoms with Crippen LogP contribution in [0.15, 0.2) is 23.1 Å². The summed E-state index contributed by atoms with van der Waals surface area (Å²) < 4.78 is 32.2. The number of alkyl carbamates (subject to hydrolysis) is 1. The van der Waals surface area contributed by atoms with E-state index in [2.05, 4.69) is 5.32 Å². The van der Waals surface area contributed by atoms with E-state index in [1.807, 2.05) is 19.9 Å². The van der Waals surface area contributed by atoms with Crippen molar-refractivity contribution in [2.24, 2.45) is 0 Å². The van der Waals surface area contributed by atoms with Gasteiger partial charge in [-0.3, -0.25) is 0 Å². The van der Waals surface area contributed by atoms with Crippen LogP contribution in [-0.4, -0.2) is 44.1 Å². The quantitative estimate of drug-likeness (QED) is 0.896. The zero-order valence-corrected chi connectivity index (χ0v) is 13.6. The van der Waals surface area contributed by atoms with Gasteiger partial charge in [-0.15, -0.1) is 0 Å². The molecule has 1 spiro atoms. The summed E-state index contributed by atoms with van der Waals surface area (Å²) in [5, 5.41) is 2.65. The highest BCUT2D eigenvalue weighted by atomic mass is 32.2. The number of rotatable bonds is 2. The molecule has 0 bridgehead atoms. The van der Waals surface area contributed by atoms with Gasteiger partial charge in [0.05, 0.1) is 11.4 Å². The smallest absolute Gasteiger partial charge is 0.407 e. The molecule has 2 aliphatic rings. The number of sulfonamides is 1. The molecule has 0 aliphatic carbocycles. The molecule has 1 N–H and O–H groups in total. The number of nitrogens with zero attached hydrogens (tertiary/aromatic N) is 1. The number of hydrogen-bond acceptors (Lipinski definition) is 4. The normalized spacial score (nSPS) is 21.6. The summed E-state index contributed by atoms with van der Waals surface area (Å²) in [6.45, 7) is 5.05. The first-order valence-corrected chi connectivity index (χ1v) is 8.81. The molecule has 0 atom stereocenters. The van der Waals surface area contributed by atoms with Gasteiger partial charge in [-0.25, -0.2) is 13.2 Å². The first-order chi connectivity index (χ1) is 10.3. The van der Waals surface area contributed by atoms with Gasteiger partial charge in [0, 0.05) is 25.9 Å². The van der Waals surface area contributed by atoms with Crippen LogP contribution in [0.3, 0.4) is 0 Å². The second-order valence-corrected chi connectivity index (χ2v) is 8.01. The molecule has 22 heavy (non-hydrogen) atoms. The van der Waals surface area contributed by atoms with Gasteiger partial charge >= 0.3 is 6.09 Å². The highest BCUT2D eigenvalue weighted by molar-refractivity contribution is 7.89. The van der Waals surface area contributed by atoms with E-state index < -0.39 is 21.7 Å². The Labute approximate surface area is 130 Å². The van der Waals surface area contributed by atoms with Crippen molar-refractivity contribution < 1.29 is 17.9 Å². The Kier molecular flexibility index (Phi) is 3.65. The molecule has 3 rings (SSSR count). The van der Waals surface area contributed by atoms with Crippen molar-refractivity contribution in [1.82, 2.24) is 9.62 Å². The topological polar surface area (TPSA) is 75.7 Å². The van der Waals surface area contributed by atoms with Gasteiger partial charge in [0.2, 0.25) is 10.0 Å². The van der Waals surface area contributed by atoms with Crippen molar-refractivity contribution in [3.8, 4) is 0 Å². The highest BCUT2D eigenvalue weighted by Crippen LogP contribution is 2.32. The average Bonchev–Trinajstić information content (AvgIpc) is 2.83. The van der Waals surface area contributed by atoms with Crippen LogP contribution in [0, 0.1) is 13.8 Å². The average molecular weight is 324 g/mol. The van der Waals surface area contributed by atoms with Crippen LogP contribution in [0.1, 0.15) is 24.0 Å². The van der Waals surface area contributed by atoms with Crippen molar-refractivity contribution in [2.45, 2.75) is 37.2 Å². The summed E-state index contributed by atoms with van der Waals surface area (Å²) in [6.07, 6.45) is 0.636. The van der Waals surface area contributed by atoms with Gasteiger partial charge in [-0.2, -0.15) is 4.31 Å². The second kappa shape index (κ2) is 5.24. The SMILES string of the molecule is Cc1ccc(S(=O)(=O)N2CCC3(CC2)CNC(=O)O3)cc1C. The molecule has 2 aliphatic heterocycles. The molecule has 7 heteroatoms. The molecule has 120 valence electrons. The molecule has 1 amide bonds. The minimum Gasteiger partial charge on any atom is -0.441 e. The van der Waals surface area contributed by atoms with E-state index in [9.17, 15) is 13.2 Å². The number of carbonyl (C=O) groups excluding carboxylic acids is 1. The lowest BCUT2D eigenvalue weighted by Crippen LogP contribution is -2.48. The lowest BCUT2D eigenvalue weighted by atomic mass is 9.93. The number of aryl methyl sites for hydroxylation is 2. The van der Waals surface area contributed by atoms with Crippen molar-refractivity contribution >= 4 is 16.1 Å². The standard InChI is InChI=1S/C15H20N2O4S/c1-11-3-4-13(9-12(11)2)22(19,20)17-7-5-15(6-8-17)10-16-14(18)21-15/h3-4,9H,5-8,10H2,1-2H3,(H,16,18). The van der Waals surface area contributed by atoms with Gasteiger partial charge < -0.3 is 10.1 Å². The lowest BCUT2D eigenvalue weighted by molar-refractivity contribution is 0.0173. The predicted molar refractivity (Wildman–Crippen MR) is 81.1 cm³/mol. The van der Waals surface area contributed by atoms with Crippen molar-refractivity contribution in [1.29, 1.82) is 0 Å². The minimum absolute atomic E-state index is 0.327. The molecule has 2 heterocycles. The molecular weight excluding hydrogens is 304 g/mol. The number of carbonyl (C=O) groups is 1. The highest BCUT2D eigenvalue weighted by Gasteiger charge is 2.45. The van der Waals surface area contributed by atoms with E-state index in [1.54, 1.807) is 12.1 Å². The molecule has 1 aromatic rings. The largest absolute Gasteiger partial charge is 0.441 e. The molecule has 1 aromatic carbocycles. The summed E-state index contributed by atoms with van der Waals surface area (Å²) in [6, 6.07) is 5.20. The lowest BCUT2D eigenvalue weighted by Gasteiger charge is -2.36. The van der Waals surface area contributed by atoms with E-state index in [-0.39, 0.29) is 0 Å². The van der Waals surface area contributed by atoms with Gasteiger partial charge in [-0.05, 0) is 37.1 Å². The summed E-state index contributed by atoms with van der Waals surface area (Å²) in [7, 11) is -3.49. The Morgan fingerprint density at radius 3 is 2.41 bits per heavy atom. The van der Waals surface area contributed by atoms with E-state index in [0.717, 1.165) is 11.1 Å². The van der Waals surface area contributed by atoms with Crippen molar-refractivity contribution in [3.05, 3.63) is 29.3 Å². The van der Waals surface area contributed by atoms with E-state index in [0.29, 0.717) is 37.4 Å². The number of hydrogen-bond donors (Lipinski definition) is 1. The molecule has 0 radical (unpaired) electrons. The number of ether oxygens (including phenoxy) is 1. The number of nitrogens with one attached hydrogen (secondary N) is 1. The maximum absolute atomic E-state index is 12.7. The Bertz CT molecular complexity index is 706. The monoisotopic (exact) mass is 324 g/mol. The molecule has 0 unspecified atom stereocenters. The fourth-order valence-corrected chi connectivity index (χ4v) is 4.47. The Hall–Kier alpha value is -1.60. The van der Waals surface area contributed by atoms with Crippen LogP contribution in [0.5, 0.6) is 0 Å². The molecule has 2 saturated heterocycles. The van der Waals surface area contributed by atoms with Crippen LogP contribution in [-0.2, 0) is 14.8 Å². The van der Waals surface area contributed by atoms with Crippen LogP contribution in [0.2, 0.25) is 0 Å². The molecular formula is C15H20N2O4S. The predicted octanol–water partition coefficient (Wildman–Crippen LogP) is 1.57. The summed E-state index contributed by atoms with van der Waals surface area (Å²) in [5.41, 5.74) is 1.50. The Balaban J connectivity index is 1.77. The third kappa shape index (κ3) is 2.59. The molecule has 2 fully saturated rings. The van der Waals surface area contributed by atoms with Gasteiger partial charge in [0.1, 0.15) is 5.60 Å². The molecule has 6 nitrogen and oxygen atoms in total. The first-order valence-electron chi connectivity index (χ1n) is 7.37. The van der Waals surface area contributed by atoms with Gasteiger partial charge in [0.15, 0.2) is 0 Å². The zero-order valence-electron chi connectivity index (χ0n) is 12.8. The molecule has 0 aromatic heterocycles. The number of piperidine rings is 1. The Morgan fingerprint density at radius 2 is 1.86 bits per heavy atom. The summed E-state index contributed by atoms with van der Waals surface area (Å²) in [4.78, 5) is 11.5. The maximum atomic E-state index is 12.7. The van der Waals surface area contributed by atoms with Crippen molar-refractivity contribution in [2.75, 3.05) is 19.6 Å². The number of amides is 1. The van der Waals surface area contributed by atoms with Crippen LogP contribution >= 0.6 is 0 Å². The van der Waals surface area contributed by atoms with Gasteiger partial charge in [0.25, 0.3) is 0 Å². The minimum atomic E-state index is -3.49. The summed E-state index contributed by atoms with van der Waals surface area (Å²) >= 11 is 0. The zero-order chi connectivity index (χ0) is 16.0. The van der Waals surface area contributed by atoms with E-state index in [4.69, 9.17) is 4.74 Å². The van der Waals surface area contributed by atoms with Crippen molar-refractivity contribution in [3.63, 3.8) is 0 Å². The molecule has 0 saturated carbocycles. The van der Waals surface area contributed by atoms with Crippen LogP contribution in [0.25, 0.3) is 0 Å². The van der Waals surface area contributed by atoms with Crippen LogP contribution in [0.4, 0.5) is 4.79 Å². The first kappa shape index (κ1) is 15.3. The fourth-order valence-electron chi connectivity index (χ4n) is 2.94. The van der Waals surface area contributed by atoms with E-state index in [1.165, 1.54) is 4.31 Å². The second-order valence-electron chi connectivity index (χ2n) is 6.08. The third-order valence-corrected chi connectivity index (χ3v) is 6.51. The number of benzene rings is 1. The van der Waals surface area contributed by atoms with E-state index >= 15 is 0 Å². The third-order valence-electron chi connectivity index (χ3n) is 4.61.